The maximum atomic E-state index is 12.4. The van der Waals surface area contributed by atoms with Crippen molar-refractivity contribution in [3.63, 3.8) is 0 Å². The van der Waals surface area contributed by atoms with E-state index in [0.29, 0.717) is 24.0 Å². The lowest BCUT2D eigenvalue weighted by Crippen LogP contribution is -2.48. The highest BCUT2D eigenvalue weighted by Crippen LogP contribution is 2.46. The number of methoxy groups -OCH3 is 1. The Morgan fingerprint density at radius 2 is 2.14 bits per heavy atom. The largest absolute Gasteiger partial charge is 0.490 e. The number of rotatable bonds is 6. The molecule has 2 aromatic carbocycles. The Bertz CT molecular complexity index is 1110. The van der Waals surface area contributed by atoms with Gasteiger partial charge in [0.2, 0.25) is 0 Å². The van der Waals surface area contributed by atoms with E-state index in [9.17, 15) is 4.79 Å². The Kier molecular flexibility index (Phi) is 7.11. The molecular weight excluding hydrogens is 458 g/mol. The molecule has 0 saturated heterocycles. The maximum Gasteiger partial charge on any atom is 0.337 e. The second kappa shape index (κ2) is 10.3. The Morgan fingerprint density at radius 3 is 2.91 bits per heavy atom. The number of halogens is 1. The summed E-state index contributed by atoms with van der Waals surface area (Å²) in [6.07, 6.45) is 12.9. The summed E-state index contributed by atoms with van der Waals surface area (Å²) < 4.78 is 11.6. The molecule has 1 saturated carbocycles. The molecule has 186 valence electrons. The van der Waals surface area contributed by atoms with Crippen LogP contribution in [-0.2, 0) is 16.6 Å². The molecule has 0 N–H and O–H groups in total. The summed E-state index contributed by atoms with van der Waals surface area (Å²) >= 11 is 6.37. The SMILES string of the molecule is CCC/C=C/[C@@H]1CC[C@H]1CN1CC2(CCCc3cc(Cl)ccc32)COc2ccc(C(=O)OC)cc21. The highest BCUT2D eigenvalue weighted by Gasteiger charge is 2.43. The number of hydrogen-bond donors (Lipinski definition) is 0. The van der Waals surface area contributed by atoms with Crippen molar-refractivity contribution < 1.29 is 14.3 Å². The number of aryl methyl sites for hydroxylation is 1. The number of benzene rings is 2. The van der Waals surface area contributed by atoms with Crippen LogP contribution in [0.1, 0.15) is 66.9 Å². The van der Waals surface area contributed by atoms with Crippen molar-refractivity contribution in [2.45, 2.75) is 57.3 Å². The number of allylic oxidation sites excluding steroid dienone is 2. The predicted octanol–water partition coefficient (Wildman–Crippen LogP) is 6.98. The van der Waals surface area contributed by atoms with Crippen LogP contribution < -0.4 is 9.64 Å². The fourth-order valence-electron chi connectivity index (χ4n) is 6.15. The van der Waals surface area contributed by atoms with Gasteiger partial charge in [-0.2, -0.15) is 0 Å². The van der Waals surface area contributed by atoms with E-state index >= 15 is 0 Å². The van der Waals surface area contributed by atoms with Crippen molar-refractivity contribution in [1.29, 1.82) is 0 Å². The molecule has 1 fully saturated rings. The van der Waals surface area contributed by atoms with Crippen molar-refractivity contribution in [1.82, 2.24) is 0 Å². The minimum Gasteiger partial charge on any atom is -0.490 e. The highest BCUT2D eigenvalue weighted by molar-refractivity contribution is 6.30. The van der Waals surface area contributed by atoms with Crippen LogP contribution >= 0.6 is 11.6 Å². The third-order valence-corrected chi connectivity index (χ3v) is 8.46. The smallest absolute Gasteiger partial charge is 0.337 e. The maximum absolute atomic E-state index is 12.4. The third kappa shape index (κ3) is 4.82. The molecule has 2 aromatic rings. The Morgan fingerprint density at radius 1 is 1.26 bits per heavy atom. The molecule has 1 heterocycles. The first-order chi connectivity index (χ1) is 17.0. The van der Waals surface area contributed by atoms with Gasteiger partial charge in [-0.1, -0.05) is 43.2 Å². The Balaban J connectivity index is 1.51. The van der Waals surface area contributed by atoms with E-state index in [0.717, 1.165) is 55.2 Å². The van der Waals surface area contributed by atoms with Crippen LogP contribution in [0.4, 0.5) is 5.69 Å². The lowest BCUT2D eigenvalue weighted by atomic mass is 9.69. The van der Waals surface area contributed by atoms with Crippen LogP contribution in [0.2, 0.25) is 5.02 Å². The van der Waals surface area contributed by atoms with Gasteiger partial charge in [-0.25, -0.2) is 4.79 Å². The highest BCUT2D eigenvalue weighted by atomic mass is 35.5. The van der Waals surface area contributed by atoms with Crippen molar-refractivity contribution in [2.24, 2.45) is 11.8 Å². The molecule has 0 radical (unpaired) electrons. The van der Waals surface area contributed by atoms with Gasteiger partial charge in [-0.3, -0.25) is 0 Å². The summed E-state index contributed by atoms with van der Waals surface area (Å²) in [4.78, 5) is 14.9. The fourth-order valence-corrected chi connectivity index (χ4v) is 6.35. The van der Waals surface area contributed by atoms with Gasteiger partial charge in [0.15, 0.2) is 0 Å². The van der Waals surface area contributed by atoms with Gasteiger partial charge in [0.25, 0.3) is 0 Å². The summed E-state index contributed by atoms with van der Waals surface area (Å²) in [5, 5.41) is 0.800. The molecule has 1 spiro atoms. The molecule has 0 aromatic heterocycles. The van der Waals surface area contributed by atoms with Crippen LogP contribution in [0.3, 0.4) is 0 Å². The van der Waals surface area contributed by atoms with E-state index in [1.54, 1.807) is 0 Å². The van der Waals surface area contributed by atoms with E-state index in [-0.39, 0.29) is 11.4 Å². The number of hydrogen-bond acceptors (Lipinski definition) is 4. The van der Waals surface area contributed by atoms with Gasteiger partial charge < -0.3 is 14.4 Å². The molecule has 1 unspecified atom stereocenters. The van der Waals surface area contributed by atoms with Gasteiger partial charge in [-0.15, -0.1) is 0 Å². The summed E-state index contributed by atoms with van der Waals surface area (Å²) in [6.45, 7) is 4.70. The van der Waals surface area contributed by atoms with Crippen LogP contribution in [0, 0.1) is 11.8 Å². The first-order valence-corrected chi connectivity index (χ1v) is 13.5. The van der Waals surface area contributed by atoms with Crippen molar-refractivity contribution in [3.8, 4) is 5.75 Å². The van der Waals surface area contributed by atoms with E-state index in [4.69, 9.17) is 21.1 Å². The quantitative estimate of drug-likeness (QED) is 0.321. The molecule has 35 heavy (non-hydrogen) atoms. The van der Waals surface area contributed by atoms with Crippen LogP contribution in [0.5, 0.6) is 5.75 Å². The van der Waals surface area contributed by atoms with Crippen molar-refractivity contribution >= 4 is 23.3 Å². The van der Waals surface area contributed by atoms with Crippen LogP contribution in [0.25, 0.3) is 0 Å². The van der Waals surface area contributed by atoms with Crippen molar-refractivity contribution in [3.05, 3.63) is 70.3 Å². The number of carbonyl (C=O) groups excluding carboxylic acids is 1. The Labute approximate surface area is 214 Å². The summed E-state index contributed by atoms with van der Waals surface area (Å²) in [5.41, 5.74) is 4.19. The van der Waals surface area contributed by atoms with E-state index in [2.05, 4.69) is 36.1 Å². The topological polar surface area (TPSA) is 38.8 Å². The average molecular weight is 494 g/mol. The standard InChI is InChI=1S/C30H36ClNO3/c1-3-4-5-7-21-9-10-24(21)18-32-19-30(15-6-8-22-16-25(31)12-13-26(22)30)20-35-28-14-11-23(17-27(28)32)29(33)34-2/h5,7,11-14,16-17,21,24H,3-4,6,8-10,15,18-20H2,1-2H3/b7-5+/t21-,24+,30?/m1/s1. The van der Waals surface area contributed by atoms with Gasteiger partial charge in [0.05, 0.1) is 25.0 Å². The molecular formula is C30H36ClNO3. The molecule has 0 amide bonds. The molecule has 0 bridgehead atoms. The number of nitrogens with zero attached hydrogens (tertiary/aromatic N) is 1. The summed E-state index contributed by atoms with van der Waals surface area (Å²) in [6, 6.07) is 12.1. The van der Waals surface area contributed by atoms with E-state index in [1.165, 1.54) is 37.5 Å². The molecule has 5 heteroatoms. The monoisotopic (exact) mass is 493 g/mol. The third-order valence-electron chi connectivity index (χ3n) is 8.23. The number of carbonyl (C=O) groups is 1. The van der Waals surface area contributed by atoms with Crippen molar-refractivity contribution in [2.75, 3.05) is 31.7 Å². The van der Waals surface area contributed by atoms with Gasteiger partial charge in [0, 0.05) is 23.5 Å². The number of fused-ring (bicyclic) bond motifs is 3. The molecule has 1 aliphatic heterocycles. The van der Waals surface area contributed by atoms with E-state index < -0.39 is 0 Å². The zero-order valence-electron chi connectivity index (χ0n) is 20.9. The normalized spacial score (nSPS) is 25.4. The van der Waals surface area contributed by atoms with Gasteiger partial charge in [0.1, 0.15) is 5.75 Å². The molecule has 3 aliphatic rings. The average Bonchev–Trinajstić information content (AvgIpc) is 3.01. The first kappa shape index (κ1) is 24.2. The Hall–Kier alpha value is -2.46. The second-order valence-electron chi connectivity index (χ2n) is 10.5. The predicted molar refractivity (Wildman–Crippen MR) is 142 cm³/mol. The number of esters is 1. The minimum absolute atomic E-state index is 0.0973. The fraction of sp³-hybridized carbons (Fsp3) is 0.500. The van der Waals surface area contributed by atoms with Gasteiger partial charge >= 0.3 is 5.97 Å². The molecule has 3 atom stereocenters. The molecule has 2 aliphatic carbocycles. The lowest BCUT2D eigenvalue weighted by Gasteiger charge is -2.44. The number of unbranched alkanes of at least 4 members (excludes halogenated alkanes) is 1. The summed E-state index contributed by atoms with van der Waals surface area (Å²) in [5.74, 6) is 1.79. The molecule has 4 nitrogen and oxygen atoms in total. The summed E-state index contributed by atoms with van der Waals surface area (Å²) in [7, 11) is 1.43. The first-order valence-electron chi connectivity index (χ1n) is 13.1. The zero-order valence-corrected chi connectivity index (χ0v) is 21.7. The van der Waals surface area contributed by atoms with Crippen LogP contribution in [-0.4, -0.2) is 32.8 Å². The van der Waals surface area contributed by atoms with Crippen LogP contribution in [0.15, 0.2) is 48.6 Å². The second-order valence-corrected chi connectivity index (χ2v) is 10.9. The number of ether oxygens (including phenoxy) is 2. The molecule has 5 rings (SSSR count). The zero-order chi connectivity index (χ0) is 24.4. The van der Waals surface area contributed by atoms with E-state index in [1.807, 2.05) is 24.3 Å². The minimum atomic E-state index is -0.312. The number of anilines is 1. The van der Waals surface area contributed by atoms with Gasteiger partial charge in [-0.05, 0) is 91.8 Å². The lowest BCUT2D eigenvalue weighted by molar-refractivity contribution is 0.0600.